The van der Waals surface area contributed by atoms with Crippen molar-refractivity contribution in [2.45, 2.75) is 25.5 Å². The van der Waals surface area contributed by atoms with Crippen molar-refractivity contribution in [3.05, 3.63) is 82.8 Å². The number of amides is 1. The number of thioether (sulfide) groups is 1. The molecule has 0 radical (unpaired) electrons. The molecule has 0 aliphatic heterocycles. The van der Waals surface area contributed by atoms with E-state index < -0.39 is 0 Å². The highest BCUT2D eigenvalue weighted by Gasteiger charge is 2.13. The standard InChI is InChI=1S/C22H21ClN6OS/c1-15-3-8-19(11-16(15)2)28-14-24-27-22(28)31-13-21(30)26-20-9-10-25-29(20)12-17-4-6-18(23)7-5-17/h3-11,14H,12-13H2,1-2H3,(H,26,30). The number of aromatic nitrogens is 5. The van der Waals surface area contributed by atoms with Gasteiger partial charge >= 0.3 is 0 Å². The zero-order chi connectivity index (χ0) is 21.8. The predicted octanol–water partition coefficient (Wildman–Crippen LogP) is 4.51. The lowest BCUT2D eigenvalue weighted by Gasteiger charge is -2.10. The number of aryl methyl sites for hydroxylation is 2. The summed E-state index contributed by atoms with van der Waals surface area (Å²) < 4.78 is 3.62. The van der Waals surface area contributed by atoms with Crippen LogP contribution in [-0.4, -0.2) is 36.2 Å². The molecule has 158 valence electrons. The number of hydrogen-bond acceptors (Lipinski definition) is 5. The molecule has 0 aliphatic carbocycles. The van der Waals surface area contributed by atoms with Crippen LogP contribution in [0.2, 0.25) is 5.02 Å². The fraction of sp³-hybridized carbons (Fsp3) is 0.182. The molecule has 0 fully saturated rings. The molecule has 0 unspecified atom stereocenters. The molecule has 9 heteroatoms. The summed E-state index contributed by atoms with van der Waals surface area (Å²) in [6, 6.07) is 15.5. The van der Waals surface area contributed by atoms with Crippen LogP contribution in [0.5, 0.6) is 0 Å². The minimum atomic E-state index is -0.141. The van der Waals surface area contributed by atoms with Gasteiger partial charge in [0.15, 0.2) is 5.16 Å². The lowest BCUT2D eigenvalue weighted by atomic mass is 10.1. The van der Waals surface area contributed by atoms with Crippen LogP contribution in [0.15, 0.2) is 66.2 Å². The van der Waals surface area contributed by atoms with Gasteiger partial charge in [-0.1, -0.05) is 41.6 Å². The van der Waals surface area contributed by atoms with E-state index in [1.54, 1.807) is 23.3 Å². The average molecular weight is 453 g/mol. The molecule has 2 aromatic carbocycles. The van der Waals surface area contributed by atoms with Gasteiger partial charge < -0.3 is 5.32 Å². The Kier molecular flexibility index (Phi) is 6.39. The number of benzene rings is 2. The van der Waals surface area contributed by atoms with Gasteiger partial charge in [-0.25, -0.2) is 4.68 Å². The zero-order valence-corrected chi connectivity index (χ0v) is 18.7. The first-order chi connectivity index (χ1) is 15.0. The van der Waals surface area contributed by atoms with Crippen molar-refractivity contribution in [3.8, 4) is 5.69 Å². The Labute approximate surface area is 189 Å². The molecule has 0 spiro atoms. The fourth-order valence-electron chi connectivity index (χ4n) is 3.01. The van der Waals surface area contributed by atoms with Crippen LogP contribution in [0.4, 0.5) is 5.82 Å². The number of rotatable bonds is 7. The number of nitrogens with one attached hydrogen (secondary N) is 1. The van der Waals surface area contributed by atoms with Crippen LogP contribution < -0.4 is 5.32 Å². The summed E-state index contributed by atoms with van der Waals surface area (Å²) in [7, 11) is 0. The van der Waals surface area contributed by atoms with Gasteiger partial charge in [-0.15, -0.1) is 10.2 Å². The van der Waals surface area contributed by atoms with Crippen molar-refractivity contribution >= 4 is 35.1 Å². The van der Waals surface area contributed by atoms with Crippen molar-refractivity contribution in [2.24, 2.45) is 0 Å². The Bertz CT molecular complexity index is 1200. The van der Waals surface area contributed by atoms with Gasteiger partial charge in [-0.3, -0.25) is 9.36 Å². The second-order valence-corrected chi connectivity index (χ2v) is 8.47. The lowest BCUT2D eigenvalue weighted by molar-refractivity contribution is -0.113. The number of nitrogens with zero attached hydrogens (tertiary/aromatic N) is 5. The number of carbonyl (C=O) groups excluding carboxylic acids is 1. The fourth-order valence-corrected chi connectivity index (χ4v) is 3.87. The Morgan fingerprint density at radius 3 is 2.68 bits per heavy atom. The van der Waals surface area contributed by atoms with Crippen molar-refractivity contribution < 1.29 is 4.79 Å². The molecule has 4 rings (SSSR count). The van der Waals surface area contributed by atoms with Gasteiger partial charge in [0.1, 0.15) is 12.1 Å². The first-order valence-corrected chi connectivity index (χ1v) is 11.0. The first-order valence-electron chi connectivity index (χ1n) is 9.66. The van der Waals surface area contributed by atoms with Crippen LogP contribution in [0.25, 0.3) is 5.69 Å². The highest BCUT2D eigenvalue weighted by molar-refractivity contribution is 7.99. The van der Waals surface area contributed by atoms with Crippen molar-refractivity contribution in [2.75, 3.05) is 11.1 Å². The number of halogens is 1. The van der Waals surface area contributed by atoms with Crippen molar-refractivity contribution in [1.29, 1.82) is 0 Å². The van der Waals surface area contributed by atoms with E-state index in [2.05, 4.69) is 46.6 Å². The number of carbonyl (C=O) groups is 1. The maximum atomic E-state index is 12.6. The Hall–Kier alpha value is -3.10. The minimum Gasteiger partial charge on any atom is -0.310 e. The average Bonchev–Trinajstić information content (AvgIpc) is 3.40. The Balaban J connectivity index is 1.39. The largest absolute Gasteiger partial charge is 0.310 e. The van der Waals surface area contributed by atoms with E-state index in [9.17, 15) is 4.79 Å². The summed E-state index contributed by atoms with van der Waals surface area (Å²) in [5, 5.41) is 16.7. The summed E-state index contributed by atoms with van der Waals surface area (Å²) in [6.07, 6.45) is 3.32. The molecule has 0 aliphatic rings. The summed E-state index contributed by atoms with van der Waals surface area (Å²) >= 11 is 7.28. The van der Waals surface area contributed by atoms with Gasteiger partial charge in [-0.2, -0.15) is 5.10 Å². The highest BCUT2D eigenvalue weighted by atomic mass is 35.5. The summed E-state index contributed by atoms with van der Waals surface area (Å²) in [6.45, 7) is 4.67. The molecule has 1 amide bonds. The molecule has 7 nitrogen and oxygen atoms in total. The lowest BCUT2D eigenvalue weighted by Crippen LogP contribution is -2.18. The van der Waals surface area contributed by atoms with Gasteiger partial charge in [0.2, 0.25) is 5.91 Å². The molecule has 2 aromatic heterocycles. The van der Waals surface area contributed by atoms with Crippen LogP contribution in [0.3, 0.4) is 0 Å². The summed E-state index contributed by atoms with van der Waals surface area (Å²) in [5.74, 6) is 0.698. The first kappa shape index (κ1) is 21.1. The molecule has 0 atom stereocenters. The molecule has 0 saturated heterocycles. The zero-order valence-electron chi connectivity index (χ0n) is 17.1. The molecule has 31 heavy (non-hydrogen) atoms. The van der Waals surface area contributed by atoms with Gasteiger partial charge in [0, 0.05) is 16.8 Å². The molecule has 0 saturated carbocycles. The van der Waals surface area contributed by atoms with E-state index in [1.165, 1.54) is 22.9 Å². The summed E-state index contributed by atoms with van der Waals surface area (Å²) in [4.78, 5) is 12.6. The second kappa shape index (κ2) is 9.36. The smallest absolute Gasteiger partial charge is 0.235 e. The molecular formula is C22H21ClN6OS. The van der Waals surface area contributed by atoms with E-state index in [1.807, 2.05) is 34.9 Å². The normalized spacial score (nSPS) is 10.9. The Morgan fingerprint density at radius 2 is 1.90 bits per heavy atom. The van der Waals surface area contributed by atoms with Crippen LogP contribution in [-0.2, 0) is 11.3 Å². The van der Waals surface area contributed by atoms with Gasteiger partial charge in [0.05, 0.1) is 18.5 Å². The van der Waals surface area contributed by atoms with E-state index >= 15 is 0 Å². The van der Waals surface area contributed by atoms with Gasteiger partial charge in [0.25, 0.3) is 0 Å². The van der Waals surface area contributed by atoms with Crippen molar-refractivity contribution in [1.82, 2.24) is 24.5 Å². The van der Waals surface area contributed by atoms with E-state index in [4.69, 9.17) is 11.6 Å². The van der Waals surface area contributed by atoms with E-state index in [-0.39, 0.29) is 11.7 Å². The van der Waals surface area contributed by atoms with E-state index in [0.717, 1.165) is 11.3 Å². The third-order valence-corrected chi connectivity index (χ3v) is 6.04. The van der Waals surface area contributed by atoms with Crippen LogP contribution in [0.1, 0.15) is 16.7 Å². The van der Waals surface area contributed by atoms with Crippen LogP contribution >= 0.6 is 23.4 Å². The third-order valence-electron chi connectivity index (χ3n) is 4.85. The van der Waals surface area contributed by atoms with Gasteiger partial charge in [-0.05, 0) is 54.8 Å². The topological polar surface area (TPSA) is 77.6 Å². The molecular weight excluding hydrogens is 432 g/mol. The molecule has 1 N–H and O–H groups in total. The third kappa shape index (κ3) is 5.15. The number of anilines is 1. The maximum Gasteiger partial charge on any atom is 0.235 e. The quantitative estimate of drug-likeness (QED) is 0.417. The maximum absolute atomic E-state index is 12.6. The predicted molar refractivity (Wildman–Crippen MR) is 123 cm³/mol. The highest BCUT2D eigenvalue weighted by Crippen LogP contribution is 2.22. The second-order valence-electron chi connectivity index (χ2n) is 7.09. The summed E-state index contributed by atoms with van der Waals surface area (Å²) in [5.41, 5.74) is 4.42. The Morgan fingerprint density at radius 1 is 1.10 bits per heavy atom. The molecule has 0 bridgehead atoms. The molecule has 2 heterocycles. The monoisotopic (exact) mass is 452 g/mol. The molecule has 4 aromatic rings. The SMILES string of the molecule is Cc1ccc(-n2cnnc2SCC(=O)Nc2ccnn2Cc2ccc(Cl)cc2)cc1C. The minimum absolute atomic E-state index is 0.141. The van der Waals surface area contributed by atoms with E-state index in [0.29, 0.717) is 22.5 Å². The van der Waals surface area contributed by atoms with Crippen molar-refractivity contribution in [3.63, 3.8) is 0 Å². The van der Waals surface area contributed by atoms with Crippen LogP contribution in [0, 0.1) is 13.8 Å². The number of hydrogen-bond donors (Lipinski definition) is 1.